The summed E-state index contributed by atoms with van der Waals surface area (Å²) in [4.78, 5) is 28.9. The molecule has 0 aliphatic carbocycles. The van der Waals surface area contributed by atoms with Gasteiger partial charge in [0.05, 0.1) is 24.1 Å². The van der Waals surface area contributed by atoms with Crippen molar-refractivity contribution in [2.24, 2.45) is 0 Å². The van der Waals surface area contributed by atoms with E-state index in [0.29, 0.717) is 0 Å². The van der Waals surface area contributed by atoms with Gasteiger partial charge in [-0.2, -0.15) is 0 Å². The number of nitrogens with zero attached hydrogens (tertiary/aromatic N) is 4. The van der Waals surface area contributed by atoms with E-state index in [1.54, 1.807) is 0 Å². The zero-order chi connectivity index (χ0) is 24.3. The fourth-order valence-corrected chi connectivity index (χ4v) is 3.57. The average Bonchev–Trinajstić information content (AvgIpc) is 3.27. The first-order valence-electron chi connectivity index (χ1n) is 11.2. The van der Waals surface area contributed by atoms with Gasteiger partial charge in [-0.25, -0.2) is 0 Å². The molecule has 0 amide bonds. The van der Waals surface area contributed by atoms with Crippen LogP contribution in [0, 0.1) is 0 Å². The predicted molar refractivity (Wildman–Crippen MR) is 122 cm³/mol. The van der Waals surface area contributed by atoms with Crippen LogP contribution in [0.25, 0.3) is 0 Å². The van der Waals surface area contributed by atoms with Crippen LogP contribution in [0.5, 0.6) is 0 Å². The molecule has 0 spiro atoms. The molecular formula is C22H38CaN4O6. The third kappa shape index (κ3) is 10.7. The summed E-state index contributed by atoms with van der Waals surface area (Å²) in [6.45, 7) is 5.96. The van der Waals surface area contributed by atoms with Gasteiger partial charge < -0.3 is 49.6 Å². The van der Waals surface area contributed by atoms with E-state index in [2.05, 4.69) is 23.6 Å². The molecule has 10 nitrogen and oxygen atoms in total. The van der Waals surface area contributed by atoms with Crippen LogP contribution in [0.1, 0.15) is 52.4 Å². The fraction of sp³-hybridized carbons (Fsp3) is 0.727. The molecule has 2 aliphatic rings. The zero-order valence-electron chi connectivity index (χ0n) is 20.3. The molecule has 2 N–H and O–H groups in total. The Morgan fingerprint density at radius 1 is 0.788 bits per heavy atom. The minimum atomic E-state index is -1.41. The summed E-state index contributed by atoms with van der Waals surface area (Å²) in [6.07, 6.45) is 9.27. The van der Waals surface area contributed by atoms with Crippen LogP contribution in [0.3, 0.4) is 0 Å². The molecule has 4 atom stereocenters. The van der Waals surface area contributed by atoms with Crippen molar-refractivity contribution in [2.45, 2.75) is 76.9 Å². The first-order valence-corrected chi connectivity index (χ1v) is 11.2. The summed E-state index contributed by atoms with van der Waals surface area (Å²) < 4.78 is 0. The van der Waals surface area contributed by atoms with Gasteiger partial charge >= 0.3 is 37.7 Å². The van der Waals surface area contributed by atoms with Gasteiger partial charge in [0.2, 0.25) is 0 Å². The molecule has 0 aromatic heterocycles. The first-order chi connectivity index (χ1) is 15.1. The van der Waals surface area contributed by atoms with Crippen molar-refractivity contribution in [2.75, 3.05) is 27.2 Å². The molecule has 0 bridgehead atoms. The van der Waals surface area contributed by atoms with Crippen molar-refractivity contribution in [3.05, 3.63) is 24.8 Å². The summed E-state index contributed by atoms with van der Waals surface area (Å²) in [5.41, 5.74) is 0. The second-order valence-electron chi connectivity index (χ2n) is 8.21. The Kier molecular flexibility index (Phi) is 15.8. The van der Waals surface area contributed by atoms with Gasteiger partial charge in [-0.1, -0.05) is 26.7 Å². The number of hydrogen-bond acceptors (Lipinski definition) is 10. The van der Waals surface area contributed by atoms with Gasteiger partial charge in [0, 0.05) is 64.8 Å². The van der Waals surface area contributed by atoms with E-state index < -0.39 is 24.1 Å². The van der Waals surface area contributed by atoms with E-state index in [9.17, 15) is 30.0 Å². The zero-order valence-corrected chi connectivity index (χ0v) is 22.5. The van der Waals surface area contributed by atoms with Gasteiger partial charge in [0.1, 0.15) is 12.3 Å². The number of carbonyl (C=O) groups excluding carboxylic acids is 2. The van der Waals surface area contributed by atoms with Crippen molar-refractivity contribution in [3.8, 4) is 0 Å². The average molecular weight is 495 g/mol. The third-order valence-corrected chi connectivity index (χ3v) is 5.64. The van der Waals surface area contributed by atoms with E-state index in [4.69, 9.17) is 0 Å². The molecule has 33 heavy (non-hydrogen) atoms. The summed E-state index contributed by atoms with van der Waals surface area (Å²) in [7, 11) is 3.74. The standard InChI is InChI=1S/2C11H20N2O3.Ca/c2*1-3-4-5-13-7-6-12(2)10(13)8-9(14)11(15)16;/h2*6-7,9-10,14H,3-5,8H2,1-2H3,(H,15,16);/q;;+2/p-2. The quantitative estimate of drug-likeness (QED) is 0.302. The van der Waals surface area contributed by atoms with Gasteiger partial charge in [-0.15, -0.1) is 0 Å². The molecule has 0 radical (unpaired) electrons. The minimum Gasteiger partial charge on any atom is -0.547 e. The van der Waals surface area contributed by atoms with Crippen LogP contribution in [0.15, 0.2) is 24.8 Å². The molecule has 0 aromatic carbocycles. The summed E-state index contributed by atoms with van der Waals surface area (Å²) in [5, 5.41) is 39.6. The van der Waals surface area contributed by atoms with Gasteiger partial charge in [-0.05, 0) is 12.8 Å². The van der Waals surface area contributed by atoms with Crippen LogP contribution in [-0.2, 0) is 9.59 Å². The van der Waals surface area contributed by atoms with Crippen LogP contribution in [-0.4, -0.2) is 131 Å². The monoisotopic (exact) mass is 494 g/mol. The summed E-state index contributed by atoms with van der Waals surface area (Å²) in [6, 6.07) is 0. The van der Waals surface area contributed by atoms with E-state index >= 15 is 0 Å². The molecule has 11 heteroatoms. The predicted octanol–water partition coefficient (Wildman–Crippen LogP) is -1.72. The second-order valence-corrected chi connectivity index (χ2v) is 8.21. The maximum atomic E-state index is 10.5. The first kappa shape index (κ1) is 31.8. The van der Waals surface area contributed by atoms with E-state index in [-0.39, 0.29) is 62.9 Å². The third-order valence-electron chi connectivity index (χ3n) is 5.64. The molecule has 0 saturated carbocycles. The van der Waals surface area contributed by atoms with Crippen molar-refractivity contribution in [1.82, 2.24) is 19.6 Å². The Balaban J connectivity index is 0.000000602. The molecular weight excluding hydrogens is 456 g/mol. The number of hydrogen-bond donors (Lipinski definition) is 2. The molecule has 0 fully saturated rings. The summed E-state index contributed by atoms with van der Waals surface area (Å²) >= 11 is 0. The van der Waals surface area contributed by atoms with Crippen molar-refractivity contribution in [3.63, 3.8) is 0 Å². The Morgan fingerprint density at radius 3 is 1.39 bits per heavy atom. The Bertz CT molecular complexity index is 596. The van der Waals surface area contributed by atoms with E-state index in [1.165, 1.54) is 0 Å². The van der Waals surface area contributed by atoms with Crippen molar-refractivity contribution in [1.29, 1.82) is 0 Å². The number of carboxylic acid groups (broad SMARTS) is 2. The molecule has 2 heterocycles. The minimum absolute atomic E-state index is 0. The van der Waals surface area contributed by atoms with Gasteiger partial charge in [0.25, 0.3) is 0 Å². The van der Waals surface area contributed by atoms with Crippen LogP contribution in [0.4, 0.5) is 0 Å². The molecule has 0 saturated heterocycles. The van der Waals surface area contributed by atoms with Gasteiger partial charge in [-0.3, -0.25) is 0 Å². The fourth-order valence-electron chi connectivity index (χ4n) is 3.57. The largest absolute Gasteiger partial charge is 2.00 e. The Labute approximate surface area is 227 Å². The SMILES string of the molecule is CCCCN1C=CN(C)C1CC(O)C(=O)[O-].CCCCN1C=CN(C)C1CC(O)C(=O)[O-].[Ca+2]. The normalized spacial score (nSPS) is 20.9. The maximum absolute atomic E-state index is 10.5. The number of unbranched alkanes of at least 4 members (excludes halogenated alkanes) is 2. The number of aliphatic hydroxyl groups is 2. The molecule has 0 aromatic rings. The Hall–Kier alpha value is -1.20. The number of carbonyl (C=O) groups is 2. The molecule has 2 rings (SSSR count). The van der Waals surface area contributed by atoms with Crippen LogP contribution >= 0.6 is 0 Å². The summed E-state index contributed by atoms with van der Waals surface area (Å²) in [5.74, 6) is -2.81. The Morgan fingerprint density at radius 2 is 1.12 bits per heavy atom. The topological polar surface area (TPSA) is 134 Å². The number of carboxylic acids is 2. The molecule has 184 valence electrons. The smallest absolute Gasteiger partial charge is 0.547 e. The molecule has 4 unspecified atom stereocenters. The number of aliphatic hydroxyl groups excluding tert-OH is 2. The van der Waals surface area contributed by atoms with E-state index in [1.807, 2.05) is 48.7 Å². The van der Waals surface area contributed by atoms with Crippen LogP contribution in [0.2, 0.25) is 0 Å². The number of rotatable bonds is 12. The van der Waals surface area contributed by atoms with Crippen LogP contribution < -0.4 is 10.2 Å². The van der Waals surface area contributed by atoms with Crippen molar-refractivity contribution < 1.29 is 30.0 Å². The van der Waals surface area contributed by atoms with Gasteiger partial charge in [0.15, 0.2) is 0 Å². The number of aliphatic carboxylic acids is 2. The second kappa shape index (κ2) is 16.4. The molecule has 2 aliphatic heterocycles. The van der Waals surface area contributed by atoms with Crippen molar-refractivity contribution >= 4 is 49.7 Å². The maximum Gasteiger partial charge on any atom is 2.00 e. The van der Waals surface area contributed by atoms with E-state index in [0.717, 1.165) is 38.8 Å².